The second-order valence-corrected chi connectivity index (χ2v) is 8.46. The molecule has 1 aliphatic rings. The first-order valence-electron chi connectivity index (χ1n) is 10.8. The highest BCUT2D eigenvalue weighted by molar-refractivity contribution is 6.31. The fraction of sp³-hybridized carbons (Fsp3) is 0.111. The normalized spacial score (nSPS) is 15.2. The van der Waals surface area contributed by atoms with E-state index in [1.807, 2.05) is 66.7 Å². The SMILES string of the molecule is COc1ccccc1[C@@H]1C=C(c2c(-c3ccccc3)c3cc(Cl)ccc3[nH]c2=O)NN1C(C)=O. The van der Waals surface area contributed by atoms with Crippen LogP contribution in [0, 0.1) is 0 Å². The fourth-order valence-electron chi connectivity index (χ4n) is 4.45. The molecule has 0 saturated heterocycles. The molecule has 0 bridgehead atoms. The molecule has 34 heavy (non-hydrogen) atoms. The van der Waals surface area contributed by atoms with Crippen LogP contribution in [0.3, 0.4) is 0 Å². The molecule has 1 atom stereocenters. The van der Waals surface area contributed by atoms with Crippen LogP contribution >= 0.6 is 11.6 Å². The number of hydrogen-bond acceptors (Lipinski definition) is 4. The number of fused-ring (bicyclic) bond motifs is 1. The number of pyridine rings is 1. The molecule has 0 unspecified atom stereocenters. The predicted octanol–water partition coefficient (Wildman–Crippen LogP) is 5.31. The number of ether oxygens (including phenoxy) is 1. The van der Waals surface area contributed by atoms with Crippen LogP contribution in [0.15, 0.2) is 83.7 Å². The first kappa shape index (κ1) is 21.8. The van der Waals surface area contributed by atoms with Gasteiger partial charge in [-0.05, 0) is 35.9 Å². The number of nitrogens with zero attached hydrogens (tertiary/aromatic N) is 1. The monoisotopic (exact) mass is 471 g/mol. The molecule has 170 valence electrons. The Balaban J connectivity index is 1.78. The quantitative estimate of drug-likeness (QED) is 0.423. The fourth-order valence-corrected chi connectivity index (χ4v) is 4.62. The Morgan fingerprint density at radius 3 is 2.47 bits per heavy atom. The molecule has 2 N–H and O–H groups in total. The van der Waals surface area contributed by atoms with E-state index < -0.39 is 6.04 Å². The second kappa shape index (κ2) is 8.72. The minimum absolute atomic E-state index is 0.191. The van der Waals surface area contributed by atoms with Gasteiger partial charge in [-0.25, -0.2) is 5.01 Å². The third kappa shape index (κ3) is 3.72. The number of aromatic nitrogens is 1. The molecule has 3 aromatic carbocycles. The number of hydrazine groups is 1. The molecule has 1 aliphatic heterocycles. The lowest BCUT2D eigenvalue weighted by atomic mass is 9.94. The summed E-state index contributed by atoms with van der Waals surface area (Å²) in [5.74, 6) is 0.462. The molecule has 0 aliphatic carbocycles. The number of para-hydroxylation sites is 1. The highest BCUT2D eigenvalue weighted by Gasteiger charge is 2.33. The summed E-state index contributed by atoms with van der Waals surface area (Å²) in [6.07, 6.45) is 1.88. The molecule has 6 nitrogen and oxygen atoms in total. The molecular formula is C27H22ClN3O3. The maximum absolute atomic E-state index is 13.4. The highest BCUT2D eigenvalue weighted by Crippen LogP contribution is 2.39. The summed E-state index contributed by atoms with van der Waals surface area (Å²) in [6.45, 7) is 1.48. The molecule has 0 spiro atoms. The van der Waals surface area contributed by atoms with E-state index in [9.17, 15) is 9.59 Å². The number of rotatable bonds is 4. The van der Waals surface area contributed by atoms with Gasteiger partial charge < -0.3 is 9.72 Å². The first-order chi connectivity index (χ1) is 16.5. The zero-order valence-electron chi connectivity index (χ0n) is 18.6. The Morgan fingerprint density at radius 2 is 1.74 bits per heavy atom. The van der Waals surface area contributed by atoms with Crippen molar-refractivity contribution in [3.63, 3.8) is 0 Å². The van der Waals surface area contributed by atoms with Gasteiger partial charge in [-0.3, -0.25) is 15.0 Å². The summed E-state index contributed by atoms with van der Waals surface area (Å²) in [7, 11) is 1.59. The van der Waals surface area contributed by atoms with Crippen molar-refractivity contribution < 1.29 is 9.53 Å². The number of amides is 1. The summed E-state index contributed by atoms with van der Waals surface area (Å²) in [4.78, 5) is 29.0. The molecule has 2 heterocycles. The largest absolute Gasteiger partial charge is 0.496 e. The van der Waals surface area contributed by atoms with E-state index in [2.05, 4.69) is 10.4 Å². The van der Waals surface area contributed by atoms with Crippen molar-refractivity contribution in [3.8, 4) is 16.9 Å². The van der Waals surface area contributed by atoms with E-state index in [0.717, 1.165) is 22.1 Å². The number of H-pyrrole nitrogens is 1. The van der Waals surface area contributed by atoms with E-state index in [-0.39, 0.29) is 11.5 Å². The van der Waals surface area contributed by atoms with Gasteiger partial charge in [0, 0.05) is 34.0 Å². The number of carbonyl (C=O) groups is 1. The Bertz CT molecular complexity index is 1490. The lowest BCUT2D eigenvalue weighted by Crippen LogP contribution is -2.38. The molecule has 0 radical (unpaired) electrons. The number of hydrogen-bond donors (Lipinski definition) is 2. The van der Waals surface area contributed by atoms with Gasteiger partial charge in [0.2, 0.25) is 5.91 Å². The van der Waals surface area contributed by atoms with Gasteiger partial charge in [0.25, 0.3) is 5.56 Å². The van der Waals surface area contributed by atoms with E-state index in [1.165, 1.54) is 11.9 Å². The number of methoxy groups -OCH3 is 1. The van der Waals surface area contributed by atoms with Crippen molar-refractivity contribution in [1.82, 2.24) is 15.4 Å². The number of aromatic amines is 1. The van der Waals surface area contributed by atoms with Crippen molar-refractivity contribution in [2.24, 2.45) is 0 Å². The number of nitrogens with one attached hydrogen (secondary N) is 2. The zero-order valence-corrected chi connectivity index (χ0v) is 19.4. The van der Waals surface area contributed by atoms with Crippen LogP contribution in [0.2, 0.25) is 5.02 Å². The molecule has 0 fully saturated rings. The molecule has 1 aromatic heterocycles. The van der Waals surface area contributed by atoms with Gasteiger partial charge in [0.1, 0.15) is 11.8 Å². The maximum Gasteiger partial charge on any atom is 0.258 e. The van der Waals surface area contributed by atoms with Gasteiger partial charge >= 0.3 is 0 Å². The molecule has 1 amide bonds. The Hall–Kier alpha value is -4.03. The molecular weight excluding hydrogens is 450 g/mol. The predicted molar refractivity (Wildman–Crippen MR) is 134 cm³/mol. The molecule has 0 saturated carbocycles. The van der Waals surface area contributed by atoms with Gasteiger partial charge in [-0.2, -0.15) is 0 Å². The van der Waals surface area contributed by atoms with Crippen LogP contribution in [0.1, 0.15) is 24.1 Å². The molecule has 5 rings (SSSR count). The maximum atomic E-state index is 13.4. The lowest BCUT2D eigenvalue weighted by molar-refractivity contribution is -0.132. The van der Waals surface area contributed by atoms with E-state index in [4.69, 9.17) is 16.3 Å². The number of benzene rings is 3. The van der Waals surface area contributed by atoms with Crippen LogP contribution in [0.4, 0.5) is 0 Å². The van der Waals surface area contributed by atoms with Crippen LogP contribution in [-0.4, -0.2) is 23.0 Å². The third-order valence-electron chi connectivity index (χ3n) is 5.95. The number of carbonyl (C=O) groups excluding carboxylic acids is 1. The van der Waals surface area contributed by atoms with Gasteiger partial charge in [0.05, 0.1) is 18.4 Å². The highest BCUT2D eigenvalue weighted by atomic mass is 35.5. The van der Waals surface area contributed by atoms with E-state index >= 15 is 0 Å². The summed E-state index contributed by atoms with van der Waals surface area (Å²) < 4.78 is 5.54. The Morgan fingerprint density at radius 1 is 1.00 bits per heavy atom. The summed E-state index contributed by atoms with van der Waals surface area (Å²) in [6, 6.07) is 22.1. The lowest BCUT2D eigenvalue weighted by Gasteiger charge is -2.25. The standard InChI is InChI=1S/C27H22ClN3O3/c1-16(32)31-23(19-10-6-7-11-24(19)34-2)15-22(30-31)26-25(17-8-4-3-5-9-17)20-14-18(28)12-13-21(20)29-27(26)33/h3-15,23,30H,1-2H3,(H,29,33)/t23-/m0/s1. The Kier molecular flexibility index (Phi) is 5.59. The average Bonchev–Trinajstić information content (AvgIpc) is 3.29. The zero-order chi connectivity index (χ0) is 23.8. The topological polar surface area (TPSA) is 74.4 Å². The van der Waals surface area contributed by atoms with Crippen LogP contribution in [0.25, 0.3) is 27.7 Å². The smallest absolute Gasteiger partial charge is 0.258 e. The van der Waals surface area contributed by atoms with Crippen molar-refractivity contribution in [3.05, 3.63) is 105 Å². The Labute approximate surface area is 201 Å². The van der Waals surface area contributed by atoms with Gasteiger partial charge in [0.15, 0.2) is 0 Å². The van der Waals surface area contributed by atoms with Gasteiger partial charge in [-0.15, -0.1) is 0 Å². The molecule has 4 aromatic rings. The second-order valence-electron chi connectivity index (χ2n) is 8.03. The van der Waals surface area contributed by atoms with Crippen LogP contribution < -0.4 is 15.7 Å². The summed E-state index contributed by atoms with van der Waals surface area (Å²) >= 11 is 6.34. The molecule has 7 heteroatoms. The van der Waals surface area contributed by atoms with Gasteiger partial charge in [-0.1, -0.05) is 60.1 Å². The summed E-state index contributed by atoms with van der Waals surface area (Å²) in [5.41, 5.74) is 6.98. The van der Waals surface area contributed by atoms with E-state index in [0.29, 0.717) is 27.5 Å². The van der Waals surface area contributed by atoms with Crippen molar-refractivity contribution in [1.29, 1.82) is 0 Å². The summed E-state index contributed by atoms with van der Waals surface area (Å²) in [5, 5.41) is 2.88. The van der Waals surface area contributed by atoms with Crippen molar-refractivity contribution in [2.75, 3.05) is 7.11 Å². The number of halogens is 1. The average molecular weight is 472 g/mol. The first-order valence-corrected chi connectivity index (χ1v) is 11.2. The third-order valence-corrected chi connectivity index (χ3v) is 6.18. The van der Waals surface area contributed by atoms with Crippen LogP contribution in [-0.2, 0) is 4.79 Å². The van der Waals surface area contributed by atoms with E-state index in [1.54, 1.807) is 19.2 Å². The minimum Gasteiger partial charge on any atom is -0.496 e. The van der Waals surface area contributed by atoms with Crippen molar-refractivity contribution >= 4 is 34.1 Å². The van der Waals surface area contributed by atoms with Crippen LogP contribution in [0.5, 0.6) is 5.75 Å². The minimum atomic E-state index is -0.457. The van der Waals surface area contributed by atoms with Crippen molar-refractivity contribution in [2.45, 2.75) is 13.0 Å².